The van der Waals surface area contributed by atoms with Gasteiger partial charge in [0, 0.05) is 23.8 Å². The van der Waals surface area contributed by atoms with E-state index in [9.17, 15) is 30.4 Å². The molecule has 0 aliphatic carbocycles. The van der Waals surface area contributed by atoms with Gasteiger partial charge >= 0.3 is 6.36 Å². The molecule has 3 aromatic rings. The summed E-state index contributed by atoms with van der Waals surface area (Å²) >= 11 is -0.953. The molecule has 7 nitrogen and oxygen atoms in total. The smallest absolute Gasteiger partial charge is 0.406 e. The number of aryl methyl sites for hydroxylation is 1. The summed E-state index contributed by atoms with van der Waals surface area (Å²) in [6.45, 7) is 2.53. The molecule has 4 rings (SSSR count). The van der Waals surface area contributed by atoms with Gasteiger partial charge in [0.05, 0.1) is 18.1 Å². The molecule has 1 saturated heterocycles. The van der Waals surface area contributed by atoms with Crippen molar-refractivity contribution in [2.24, 2.45) is 0 Å². The monoisotopic (exact) mass is 562 g/mol. The molecule has 36 heavy (non-hydrogen) atoms. The zero-order chi connectivity index (χ0) is 26.1. The van der Waals surface area contributed by atoms with Crippen LogP contribution in [0.3, 0.4) is 0 Å². The van der Waals surface area contributed by atoms with Gasteiger partial charge in [-0.15, -0.1) is 24.5 Å². The van der Waals surface area contributed by atoms with Crippen LogP contribution in [0.2, 0.25) is 0 Å². The van der Waals surface area contributed by atoms with E-state index < -0.39 is 27.5 Å². The third kappa shape index (κ3) is 6.57. The molecule has 1 N–H and O–H groups in total. The Labute approximate surface area is 213 Å². The number of hydrogen-bond acceptors (Lipinski definition) is 6. The van der Waals surface area contributed by atoms with Crippen LogP contribution in [0.25, 0.3) is 10.1 Å². The first-order chi connectivity index (χ1) is 16.9. The average molecular weight is 563 g/mol. The van der Waals surface area contributed by atoms with Gasteiger partial charge in [0.1, 0.15) is 10.8 Å². The van der Waals surface area contributed by atoms with Crippen LogP contribution in [0.5, 0.6) is 5.75 Å². The number of hydrogen-bond donors (Lipinski definition) is 1. The van der Waals surface area contributed by atoms with Gasteiger partial charge in [0.15, 0.2) is 9.84 Å². The second-order valence-electron chi connectivity index (χ2n) is 8.56. The van der Waals surface area contributed by atoms with Gasteiger partial charge in [-0.3, -0.25) is 13.8 Å². The molecule has 0 saturated carbocycles. The van der Waals surface area contributed by atoms with E-state index in [4.69, 9.17) is 0 Å². The van der Waals surface area contributed by atoms with Crippen LogP contribution in [0, 0.1) is 6.92 Å². The molecule has 1 fully saturated rings. The fourth-order valence-corrected chi connectivity index (χ4v) is 7.54. The number of benzene rings is 2. The van der Waals surface area contributed by atoms with Crippen LogP contribution in [-0.2, 0) is 27.5 Å². The lowest BCUT2D eigenvalue weighted by atomic mass is 10.0. The summed E-state index contributed by atoms with van der Waals surface area (Å²) in [5.74, 6) is -0.385. The second kappa shape index (κ2) is 10.7. The Morgan fingerprint density at radius 3 is 2.36 bits per heavy atom. The zero-order valence-corrected chi connectivity index (χ0v) is 21.7. The molecule has 2 atom stereocenters. The lowest BCUT2D eigenvalue weighted by Crippen LogP contribution is -2.51. The summed E-state index contributed by atoms with van der Waals surface area (Å²) in [4.78, 5) is 1.96. The second-order valence-corrected chi connectivity index (χ2v) is 12.8. The van der Waals surface area contributed by atoms with Crippen LogP contribution in [-0.4, -0.2) is 65.6 Å². The molecule has 13 heteroatoms. The number of ether oxygens (including phenoxy) is 1. The molecule has 0 radical (unpaired) electrons. The van der Waals surface area contributed by atoms with E-state index in [1.54, 1.807) is 0 Å². The maximum atomic E-state index is 12.5. The Balaban J connectivity index is 1.62. The van der Waals surface area contributed by atoms with Crippen molar-refractivity contribution in [3.8, 4) is 5.75 Å². The largest absolute Gasteiger partial charge is 0.573 e. The van der Waals surface area contributed by atoms with E-state index in [1.165, 1.54) is 39.9 Å². The minimum absolute atomic E-state index is 0.0218. The molecule has 0 bridgehead atoms. The van der Waals surface area contributed by atoms with Crippen LogP contribution in [0.15, 0.2) is 48.5 Å². The van der Waals surface area contributed by atoms with Crippen molar-refractivity contribution in [3.05, 3.63) is 59.7 Å². The molecule has 1 aliphatic rings. The van der Waals surface area contributed by atoms with Crippen molar-refractivity contribution >= 4 is 47.5 Å². The maximum Gasteiger partial charge on any atom is 0.573 e. The predicted molar refractivity (Wildman–Crippen MR) is 136 cm³/mol. The minimum atomic E-state index is -4.79. The fraction of sp³-hybridized carbons (Fsp3) is 0.391. The lowest BCUT2D eigenvalue weighted by Gasteiger charge is -2.37. The third-order valence-electron chi connectivity index (χ3n) is 6.13. The average Bonchev–Trinajstić information content (AvgIpc) is 3.13. The topological polar surface area (TPSA) is 87.2 Å². The van der Waals surface area contributed by atoms with Crippen molar-refractivity contribution in [1.29, 1.82) is 0 Å². The zero-order valence-electron chi connectivity index (χ0n) is 19.3. The van der Waals surface area contributed by atoms with Crippen molar-refractivity contribution < 1.29 is 35.1 Å². The number of thiophene rings is 1. The van der Waals surface area contributed by atoms with Gasteiger partial charge in [-0.05, 0) is 48.1 Å². The highest BCUT2D eigenvalue weighted by Gasteiger charge is 2.32. The number of halogens is 3. The Morgan fingerprint density at radius 2 is 1.78 bits per heavy atom. The number of sulfone groups is 1. The third-order valence-corrected chi connectivity index (χ3v) is 9.86. The highest BCUT2D eigenvalue weighted by Crippen LogP contribution is 2.38. The normalized spacial score (nSPS) is 18.1. The quantitative estimate of drug-likeness (QED) is 0.410. The summed E-state index contributed by atoms with van der Waals surface area (Å²) in [6.07, 6.45) is -4.46. The van der Waals surface area contributed by atoms with Gasteiger partial charge in [-0.25, -0.2) is 12.6 Å². The first-order valence-electron chi connectivity index (χ1n) is 11.1. The summed E-state index contributed by atoms with van der Waals surface area (Å²) < 4.78 is 90.5. The molecular formula is C23H25F3N2O5S3. The molecule has 0 spiro atoms. The molecule has 0 amide bonds. The molecule has 2 heterocycles. The summed E-state index contributed by atoms with van der Waals surface area (Å²) in [7, 11) is -3.15. The van der Waals surface area contributed by atoms with Crippen LogP contribution >= 0.6 is 11.3 Å². The fourth-order valence-electron chi connectivity index (χ4n) is 4.31. The first-order valence-corrected chi connectivity index (χ1v) is 14.8. The molecule has 1 aliphatic heterocycles. The van der Waals surface area contributed by atoms with E-state index in [2.05, 4.69) is 4.74 Å². The number of fused-ring (bicyclic) bond motifs is 1. The SMILES string of the molecule is Cc1c(N(CC(Cc2ccc(OC(F)(F)F)cc2)N2CCS(=O)(=O)CC2)S(=O)O)sc2ccccc12. The molecule has 196 valence electrons. The van der Waals surface area contributed by atoms with Crippen LogP contribution < -0.4 is 9.04 Å². The summed E-state index contributed by atoms with van der Waals surface area (Å²) in [5, 5.41) is 1.62. The van der Waals surface area contributed by atoms with Gasteiger partial charge in [-0.1, -0.05) is 30.3 Å². The minimum Gasteiger partial charge on any atom is -0.406 e. The highest BCUT2D eigenvalue weighted by atomic mass is 32.2. The molecule has 1 aromatic heterocycles. The van der Waals surface area contributed by atoms with E-state index in [-0.39, 0.29) is 42.9 Å². The first kappa shape index (κ1) is 26.9. The molecular weight excluding hydrogens is 537 g/mol. The lowest BCUT2D eigenvalue weighted by molar-refractivity contribution is -0.274. The summed E-state index contributed by atoms with van der Waals surface area (Å²) in [5.41, 5.74) is 1.56. The van der Waals surface area contributed by atoms with Crippen LogP contribution in [0.4, 0.5) is 18.2 Å². The van der Waals surface area contributed by atoms with E-state index >= 15 is 0 Å². The standard InChI is InChI=1S/C23H25F3N2O5S3/c1-16-20-4-2-3-5-21(20)34-22(16)28(35(29)30)15-18(27-10-12-36(31,32)13-11-27)14-17-6-8-19(9-7-17)33-23(24,25)26/h2-9,18H,10-15H2,1H3,(H,29,30). The van der Waals surface area contributed by atoms with Gasteiger partial charge in [0.2, 0.25) is 0 Å². The van der Waals surface area contributed by atoms with Gasteiger partial charge in [0.25, 0.3) is 11.3 Å². The Hall–Kier alpha value is -2.19. The number of nitrogens with zero attached hydrogens (tertiary/aromatic N) is 2. The predicted octanol–water partition coefficient (Wildman–Crippen LogP) is 4.39. The van der Waals surface area contributed by atoms with Crippen molar-refractivity contribution in [2.75, 3.05) is 35.4 Å². The number of alkyl halides is 3. The van der Waals surface area contributed by atoms with Gasteiger partial charge in [-0.2, -0.15) is 0 Å². The van der Waals surface area contributed by atoms with E-state index in [1.807, 2.05) is 36.1 Å². The Bertz CT molecular complexity index is 1330. The highest BCUT2D eigenvalue weighted by molar-refractivity contribution is 7.91. The van der Waals surface area contributed by atoms with Crippen molar-refractivity contribution in [1.82, 2.24) is 4.90 Å². The van der Waals surface area contributed by atoms with E-state index in [0.29, 0.717) is 17.0 Å². The van der Waals surface area contributed by atoms with Crippen molar-refractivity contribution in [3.63, 3.8) is 0 Å². The number of rotatable bonds is 8. The maximum absolute atomic E-state index is 12.5. The molecule has 2 unspecified atom stereocenters. The van der Waals surface area contributed by atoms with Crippen LogP contribution in [0.1, 0.15) is 11.1 Å². The summed E-state index contributed by atoms with van der Waals surface area (Å²) in [6, 6.07) is 12.8. The number of anilines is 1. The Kier molecular flexibility index (Phi) is 7.95. The molecule has 2 aromatic carbocycles. The van der Waals surface area contributed by atoms with Gasteiger partial charge < -0.3 is 4.74 Å². The van der Waals surface area contributed by atoms with Crippen molar-refractivity contribution in [2.45, 2.75) is 25.7 Å². The van der Waals surface area contributed by atoms with E-state index in [0.717, 1.165) is 15.6 Å². The Morgan fingerprint density at radius 1 is 1.14 bits per heavy atom.